The van der Waals surface area contributed by atoms with Crippen molar-refractivity contribution in [1.82, 2.24) is 9.13 Å². The molecular formula is C18H24N2O2. The van der Waals surface area contributed by atoms with Crippen molar-refractivity contribution >= 4 is 0 Å². The topological polar surface area (TPSA) is 44.0 Å². The van der Waals surface area contributed by atoms with Gasteiger partial charge in [-0.15, -0.1) is 0 Å². The number of unbranched alkanes of at least 4 members (excludes halogenated alkanes) is 5. The highest BCUT2D eigenvalue weighted by atomic mass is 16.1. The Balaban J connectivity index is 1.53. The standard InChI is InChI=1S/C18H24N2O2/c21-17-11-5-9-15-19(17)13-7-3-1-2-4-8-14-20-16-10-6-12-18(20)22/h5-6,9-12,15-16H,1-4,7-8,13-14H2. The molecule has 0 spiro atoms. The average molecular weight is 300 g/mol. The Morgan fingerprint density at radius 1 is 0.591 bits per heavy atom. The highest BCUT2D eigenvalue weighted by Crippen LogP contribution is 2.06. The van der Waals surface area contributed by atoms with Crippen LogP contribution in [-0.2, 0) is 13.1 Å². The number of nitrogens with zero attached hydrogens (tertiary/aromatic N) is 2. The molecule has 118 valence electrons. The van der Waals surface area contributed by atoms with Crippen molar-refractivity contribution in [1.29, 1.82) is 0 Å². The first-order chi connectivity index (χ1) is 10.8. The van der Waals surface area contributed by atoms with E-state index in [2.05, 4.69) is 0 Å². The molecular weight excluding hydrogens is 276 g/mol. The Kier molecular flexibility index (Phi) is 6.68. The van der Waals surface area contributed by atoms with Gasteiger partial charge in [0.1, 0.15) is 0 Å². The van der Waals surface area contributed by atoms with Gasteiger partial charge in [0.25, 0.3) is 0 Å². The Hall–Kier alpha value is -2.10. The maximum absolute atomic E-state index is 11.5. The van der Waals surface area contributed by atoms with Gasteiger partial charge in [-0.2, -0.15) is 0 Å². The van der Waals surface area contributed by atoms with E-state index in [9.17, 15) is 9.59 Å². The van der Waals surface area contributed by atoms with E-state index in [1.807, 2.05) is 24.5 Å². The molecule has 4 heteroatoms. The molecule has 0 aliphatic carbocycles. The molecule has 0 N–H and O–H groups in total. The van der Waals surface area contributed by atoms with Crippen molar-refractivity contribution in [2.45, 2.75) is 51.6 Å². The summed E-state index contributed by atoms with van der Waals surface area (Å²) in [5.74, 6) is 0. The predicted octanol–water partition coefficient (Wildman–Crippen LogP) is 3.05. The molecule has 2 aromatic rings. The second kappa shape index (κ2) is 9.03. The molecule has 0 amide bonds. The molecule has 22 heavy (non-hydrogen) atoms. The van der Waals surface area contributed by atoms with Gasteiger partial charge in [-0.25, -0.2) is 0 Å². The summed E-state index contributed by atoms with van der Waals surface area (Å²) in [7, 11) is 0. The van der Waals surface area contributed by atoms with Crippen molar-refractivity contribution in [3.05, 3.63) is 69.5 Å². The fourth-order valence-electron chi connectivity index (χ4n) is 2.56. The smallest absolute Gasteiger partial charge is 0.250 e. The summed E-state index contributed by atoms with van der Waals surface area (Å²) in [5.41, 5.74) is 0.159. The van der Waals surface area contributed by atoms with Gasteiger partial charge >= 0.3 is 0 Å². The molecule has 4 nitrogen and oxygen atoms in total. The van der Waals surface area contributed by atoms with Gasteiger partial charge in [-0.3, -0.25) is 9.59 Å². The minimum atomic E-state index is 0.0794. The number of aryl methyl sites for hydroxylation is 2. The van der Waals surface area contributed by atoms with E-state index in [-0.39, 0.29) is 11.1 Å². The summed E-state index contributed by atoms with van der Waals surface area (Å²) in [5, 5.41) is 0. The second-order valence-corrected chi connectivity index (χ2v) is 5.59. The number of hydrogen-bond acceptors (Lipinski definition) is 2. The van der Waals surface area contributed by atoms with Crippen LogP contribution >= 0.6 is 0 Å². The van der Waals surface area contributed by atoms with Crippen molar-refractivity contribution in [2.24, 2.45) is 0 Å². The zero-order chi connectivity index (χ0) is 15.6. The lowest BCUT2D eigenvalue weighted by Gasteiger charge is -2.06. The predicted molar refractivity (Wildman–Crippen MR) is 89.1 cm³/mol. The molecule has 0 unspecified atom stereocenters. The maximum Gasteiger partial charge on any atom is 0.250 e. The van der Waals surface area contributed by atoms with E-state index in [1.54, 1.807) is 33.4 Å². The number of rotatable bonds is 9. The molecule has 0 aliphatic rings. The molecule has 0 aromatic carbocycles. The molecule has 2 rings (SSSR count). The van der Waals surface area contributed by atoms with Gasteiger partial charge in [0.15, 0.2) is 0 Å². The van der Waals surface area contributed by atoms with Crippen LogP contribution in [0, 0.1) is 0 Å². The summed E-state index contributed by atoms with van der Waals surface area (Å²) in [6.07, 6.45) is 10.4. The zero-order valence-corrected chi connectivity index (χ0v) is 13.0. The van der Waals surface area contributed by atoms with Crippen molar-refractivity contribution in [3.63, 3.8) is 0 Å². The highest BCUT2D eigenvalue weighted by Gasteiger charge is 1.96. The Labute approximate surface area is 131 Å². The van der Waals surface area contributed by atoms with E-state index in [0.717, 1.165) is 38.8 Å². The maximum atomic E-state index is 11.5. The molecule has 0 bridgehead atoms. The first-order valence-electron chi connectivity index (χ1n) is 8.08. The number of hydrogen-bond donors (Lipinski definition) is 0. The van der Waals surface area contributed by atoms with Crippen LogP contribution in [0.5, 0.6) is 0 Å². The summed E-state index contributed by atoms with van der Waals surface area (Å²) in [6, 6.07) is 10.5. The van der Waals surface area contributed by atoms with Crippen molar-refractivity contribution in [2.75, 3.05) is 0 Å². The van der Waals surface area contributed by atoms with Crippen LogP contribution in [0.4, 0.5) is 0 Å². The minimum Gasteiger partial charge on any atom is -0.316 e. The van der Waals surface area contributed by atoms with E-state index in [4.69, 9.17) is 0 Å². The molecule has 0 atom stereocenters. The molecule has 2 heterocycles. The monoisotopic (exact) mass is 300 g/mol. The normalized spacial score (nSPS) is 10.7. The lowest BCUT2D eigenvalue weighted by Crippen LogP contribution is -2.17. The lowest BCUT2D eigenvalue weighted by molar-refractivity contribution is 0.523. The van der Waals surface area contributed by atoms with E-state index in [1.165, 1.54) is 12.8 Å². The van der Waals surface area contributed by atoms with Gasteiger partial charge in [0, 0.05) is 37.6 Å². The number of aromatic nitrogens is 2. The molecule has 0 fully saturated rings. The molecule has 0 aliphatic heterocycles. The second-order valence-electron chi connectivity index (χ2n) is 5.59. The third kappa shape index (κ3) is 5.35. The van der Waals surface area contributed by atoms with Crippen LogP contribution in [0.2, 0.25) is 0 Å². The van der Waals surface area contributed by atoms with Gasteiger partial charge in [-0.05, 0) is 25.0 Å². The van der Waals surface area contributed by atoms with Crippen molar-refractivity contribution in [3.8, 4) is 0 Å². The van der Waals surface area contributed by atoms with Crippen LogP contribution in [0.15, 0.2) is 58.4 Å². The van der Waals surface area contributed by atoms with Crippen LogP contribution in [-0.4, -0.2) is 9.13 Å². The SMILES string of the molecule is O=c1ccccn1CCCCCCCCn1ccccc1=O. The van der Waals surface area contributed by atoms with Crippen LogP contribution < -0.4 is 11.1 Å². The Morgan fingerprint density at radius 3 is 1.41 bits per heavy atom. The summed E-state index contributed by atoms with van der Waals surface area (Å²) < 4.78 is 3.53. The number of pyridine rings is 2. The largest absolute Gasteiger partial charge is 0.316 e. The molecule has 2 aromatic heterocycles. The molecule has 0 radical (unpaired) electrons. The minimum absolute atomic E-state index is 0.0794. The average Bonchev–Trinajstić information content (AvgIpc) is 2.53. The zero-order valence-electron chi connectivity index (χ0n) is 13.0. The van der Waals surface area contributed by atoms with Gasteiger partial charge in [0.2, 0.25) is 11.1 Å². The van der Waals surface area contributed by atoms with E-state index >= 15 is 0 Å². The third-order valence-corrected chi connectivity index (χ3v) is 3.85. The summed E-state index contributed by atoms with van der Waals surface area (Å²) in [6.45, 7) is 1.61. The van der Waals surface area contributed by atoms with Gasteiger partial charge in [0.05, 0.1) is 0 Å². The first-order valence-corrected chi connectivity index (χ1v) is 8.08. The quantitative estimate of drug-likeness (QED) is 0.668. The first kappa shape index (κ1) is 16.3. The molecule has 0 saturated carbocycles. The van der Waals surface area contributed by atoms with E-state index in [0.29, 0.717) is 0 Å². The van der Waals surface area contributed by atoms with Crippen LogP contribution in [0.3, 0.4) is 0 Å². The Bertz CT molecular complexity index is 613. The fourth-order valence-corrected chi connectivity index (χ4v) is 2.56. The third-order valence-electron chi connectivity index (χ3n) is 3.85. The Morgan fingerprint density at radius 2 is 1.00 bits per heavy atom. The summed E-state index contributed by atoms with van der Waals surface area (Å²) >= 11 is 0. The van der Waals surface area contributed by atoms with Gasteiger partial charge in [-0.1, -0.05) is 37.8 Å². The fraction of sp³-hybridized carbons (Fsp3) is 0.444. The highest BCUT2D eigenvalue weighted by molar-refractivity contribution is 4.93. The molecule has 0 saturated heterocycles. The van der Waals surface area contributed by atoms with Crippen LogP contribution in [0.1, 0.15) is 38.5 Å². The van der Waals surface area contributed by atoms with Crippen molar-refractivity contribution < 1.29 is 0 Å². The van der Waals surface area contributed by atoms with Crippen LogP contribution in [0.25, 0.3) is 0 Å². The summed E-state index contributed by atoms with van der Waals surface area (Å²) in [4.78, 5) is 23.0. The van der Waals surface area contributed by atoms with E-state index < -0.39 is 0 Å². The lowest BCUT2D eigenvalue weighted by atomic mass is 10.1. The van der Waals surface area contributed by atoms with Gasteiger partial charge < -0.3 is 9.13 Å².